The smallest absolute Gasteiger partial charge is 0.279 e. The van der Waals surface area contributed by atoms with Crippen molar-refractivity contribution < 1.29 is 14.1 Å². The lowest BCUT2D eigenvalue weighted by Crippen LogP contribution is -3.08. The summed E-state index contributed by atoms with van der Waals surface area (Å²) in [6.45, 7) is 4.94. The molecule has 0 radical (unpaired) electrons. The van der Waals surface area contributed by atoms with Crippen LogP contribution in [0.2, 0.25) is 5.02 Å². The molecule has 1 amide bonds. The van der Waals surface area contributed by atoms with Crippen molar-refractivity contribution in [2.24, 2.45) is 0 Å². The minimum absolute atomic E-state index is 0.0621. The molecular weight excluding hydrogens is 288 g/mol. The number of nitrogens with one attached hydrogen (secondary N) is 2. The fourth-order valence-electron chi connectivity index (χ4n) is 2.30. The summed E-state index contributed by atoms with van der Waals surface area (Å²) in [6.07, 6.45) is 1.64. The molecule has 0 saturated carbocycles. The molecule has 0 bridgehead atoms. The Bertz CT molecular complexity index is 600. The summed E-state index contributed by atoms with van der Waals surface area (Å²) < 4.78 is 5.28. The summed E-state index contributed by atoms with van der Waals surface area (Å²) in [4.78, 5) is 13.2. The number of rotatable bonds is 5. The van der Waals surface area contributed by atoms with Crippen LogP contribution in [0.4, 0.5) is 5.69 Å². The number of hydrogen-bond acceptors (Lipinski definition) is 2. The van der Waals surface area contributed by atoms with Crippen LogP contribution in [0.15, 0.2) is 34.9 Å². The lowest BCUT2D eigenvalue weighted by atomic mass is 10.1. The van der Waals surface area contributed by atoms with Gasteiger partial charge < -0.3 is 14.6 Å². The molecule has 112 valence electrons. The van der Waals surface area contributed by atoms with E-state index in [0.29, 0.717) is 23.8 Å². The first kappa shape index (κ1) is 15.6. The molecule has 1 heterocycles. The molecule has 2 aromatic rings. The van der Waals surface area contributed by atoms with E-state index in [2.05, 4.69) is 5.32 Å². The van der Waals surface area contributed by atoms with Crippen LogP contribution >= 0.6 is 11.6 Å². The lowest BCUT2D eigenvalue weighted by molar-refractivity contribution is -0.886. The van der Waals surface area contributed by atoms with Crippen molar-refractivity contribution in [3.63, 3.8) is 0 Å². The summed E-state index contributed by atoms with van der Waals surface area (Å²) in [5, 5.41) is 3.47. The van der Waals surface area contributed by atoms with Crippen molar-refractivity contribution in [2.45, 2.75) is 20.4 Å². The van der Waals surface area contributed by atoms with Gasteiger partial charge in [0.25, 0.3) is 5.91 Å². The zero-order chi connectivity index (χ0) is 15.4. The Morgan fingerprint density at radius 3 is 2.76 bits per heavy atom. The van der Waals surface area contributed by atoms with Gasteiger partial charge in [-0.15, -0.1) is 0 Å². The van der Waals surface area contributed by atoms with Crippen LogP contribution in [0, 0.1) is 13.8 Å². The number of likely N-dealkylation sites (N-methyl/N-ethyl adjacent to an activating group) is 1. The van der Waals surface area contributed by atoms with Crippen LogP contribution in [0.1, 0.15) is 16.9 Å². The molecule has 21 heavy (non-hydrogen) atoms. The van der Waals surface area contributed by atoms with Gasteiger partial charge in [0.05, 0.1) is 24.0 Å². The molecule has 2 rings (SSSR count). The maximum Gasteiger partial charge on any atom is 0.279 e. The third-order valence-corrected chi connectivity index (χ3v) is 3.51. The molecule has 2 N–H and O–H groups in total. The number of carbonyl (C=O) groups is 1. The van der Waals surface area contributed by atoms with Gasteiger partial charge in [-0.1, -0.05) is 17.7 Å². The van der Waals surface area contributed by atoms with Crippen molar-refractivity contribution in [3.05, 3.63) is 52.4 Å². The molecule has 1 aromatic heterocycles. The van der Waals surface area contributed by atoms with E-state index in [4.69, 9.17) is 16.0 Å². The Balaban J connectivity index is 1.95. The van der Waals surface area contributed by atoms with E-state index in [1.54, 1.807) is 6.26 Å². The van der Waals surface area contributed by atoms with E-state index in [0.717, 1.165) is 21.8 Å². The number of amides is 1. The minimum Gasteiger partial charge on any atom is -0.463 e. The Morgan fingerprint density at radius 1 is 1.38 bits per heavy atom. The maximum atomic E-state index is 12.1. The first-order chi connectivity index (χ1) is 9.95. The van der Waals surface area contributed by atoms with Gasteiger partial charge in [0.15, 0.2) is 12.3 Å². The number of aryl methyl sites for hydroxylation is 2. The fraction of sp³-hybridized carbons (Fsp3) is 0.312. The van der Waals surface area contributed by atoms with Crippen LogP contribution < -0.4 is 10.2 Å². The molecule has 0 aliphatic rings. The molecule has 0 spiro atoms. The summed E-state index contributed by atoms with van der Waals surface area (Å²) in [5.74, 6) is 0.803. The quantitative estimate of drug-likeness (QED) is 0.889. The van der Waals surface area contributed by atoms with Gasteiger partial charge in [-0.3, -0.25) is 4.79 Å². The van der Waals surface area contributed by atoms with Crippen molar-refractivity contribution in [3.8, 4) is 0 Å². The summed E-state index contributed by atoms with van der Waals surface area (Å²) in [5.41, 5.74) is 2.74. The van der Waals surface area contributed by atoms with Crippen LogP contribution in [-0.4, -0.2) is 19.5 Å². The highest BCUT2D eigenvalue weighted by Crippen LogP contribution is 2.27. The Kier molecular flexibility index (Phi) is 5.04. The van der Waals surface area contributed by atoms with Gasteiger partial charge in [-0.25, -0.2) is 0 Å². The molecular formula is C16H20ClN2O2+. The molecule has 4 nitrogen and oxygen atoms in total. The molecule has 1 atom stereocenters. The zero-order valence-electron chi connectivity index (χ0n) is 12.5. The number of hydrogen-bond donors (Lipinski definition) is 2. The van der Waals surface area contributed by atoms with Crippen molar-refractivity contribution in [1.29, 1.82) is 0 Å². The number of quaternary nitrogens is 1. The number of furan rings is 1. The highest BCUT2D eigenvalue weighted by atomic mass is 35.5. The van der Waals surface area contributed by atoms with E-state index in [1.807, 2.05) is 45.2 Å². The highest BCUT2D eigenvalue weighted by molar-refractivity contribution is 6.34. The molecule has 1 unspecified atom stereocenters. The van der Waals surface area contributed by atoms with Gasteiger partial charge >= 0.3 is 0 Å². The lowest BCUT2D eigenvalue weighted by Gasteiger charge is -2.14. The van der Waals surface area contributed by atoms with E-state index in [-0.39, 0.29) is 5.91 Å². The van der Waals surface area contributed by atoms with Gasteiger partial charge in [0.2, 0.25) is 0 Å². The number of anilines is 1. The summed E-state index contributed by atoms with van der Waals surface area (Å²) in [6, 6.07) is 7.60. The second-order valence-electron chi connectivity index (χ2n) is 5.38. The molecule has 0 aliphatic carbocycles. The Labute approximate surface area is 129 Å². The predicted octanol–water partition coefficient (Wildman–Crippen LogP) is 2.20. The number of halogens is 1. The average molecular weight is 308 g/mol. The third-order valence-electron chi connectivity index (χ3n) is 3.21. The average Bonchev–Trinajstić information content (AvgIpc) is 2.86. The first-order valence-corrected chi connectivity index (χ1v) is 7.24. The normalized spacial score (nSPS) is 12.2. The van der Waals surface area contributed by atoms with E-state index < -0.39 is 0 Å². The SMILES string of the molecule is Cc1cc(C)c(NC(=O)C[NH+](C)Cc2ccco2)c(Cl)c1. The maximum absolute atomic E-state index is 12.1. The second-order valence-corrected chi connectivity index (χ2v) is 5.78. The molecule has 1 aromatic carbocycles. The molecule has 0 saturated heterocycles. The molecule has 0 fully saturated rings. The van der Waals surface area contributed by atoms with E-state index in [1.165, 1.54) is 0 Å². The molecule has 5 heteroatoms. The third kappa shape index (κ3) is 4.34. The monoisotopic (exact) mass is 307 g/mol. The summed E-state index contributed by atoms with van der Waals surface area (Å²) in [7, 11) is 1.95. The van der Waals surface area contributed by atoms with Crippen LogP contribution in [0.5, 0.6) is 0 Å². The van der Waals surface area contributed by atoms with Crippen molar-refractivity contribution >= 4 is 23.2 Å². The topological polar surface area (TPSA) is 46.7 Å². The Hall–Kier alpha value is -1.78. The van der Waals surface area contributed by atoms with Gasteiger partial charge in [0.1, 0.15) is 6.54 Å². The number of benzene rings is 1. The zero-order valence-corrected chi connectivity index (χ0v) is 13.3. The van der Waals surface area contributed by atoms with Gasteiger partial charge in [0, 0.05) is 0 Å². The fourth-order valence-corrected chi connectivity index (χ4v) is 2.67. The number of carbonyl (C=O) groups excluding carboxylic acids is 1. The van der Waals surface area contributed by atoms with Crippen molar-refractivity contribution in [1.82, 2.24) is 0 Å². The largest absolute Gasteiger partial charge is 0.463 e. The Morgan fingerprint density at radius 2 is 2.14 bits per heavy atom. The minimum atomic E-state index is -0.0621. The highest BCUT2D eigenvalue weighted by Gasteiger charge is 2.14. The predicted molar refractivity (Wildman–Crippen MR) is 83.7 cm³/mol. The first-order valence-electron chi connectivity index (χ1n) is 6.86. The van der Waals surface area contributed by atoms with Crippen molar-refractivity contribution in [2.75, 3.05) is 18.9 Å². The standard InChI is InChI=1S/C16H19ClN2O2/c1-11-7-12(2)16(14(17)8-11)18-15(20)10-19(3)9-13-5-4-6-21-13/h4-8H,9-10H2,1-3H3,(H,18,20)/p+1. The van der Waals surface area contributed by atoms with Crippen LogP contribution in [0.3, 0.4) is 0 Å². The van der Waals surface area contributed by atoms with E-state index >= 15 is 0 Å². The van der Waals surface area contributed by atoms with Gasteiger partial charge in [-0.05, 0) is 43.2 Å². The second kappa shape index (κ2) is 6.78. The molecule has 0 aliphatic heterocycles. The summed E-state index contributed by atoms with van der Waals surface area (Å²) >= 11 is 6.19. The van der Waals surface area contributed by atoms with Gasteiger partial charge in [-0.2, -0.15) is 0 Å². The van der Waals surface area contributed by atoms with Crippen LogP contribution in [-0.2, 0) is 11.3 Å². The van der Waals surface area contributed by atoms with E-state index in [9.17, 15) is 4.79 Å². The van der Waals surface area contributed by atoms with Crippen LogP contribution in [0.25, 0.3) is 0 Å².